The molecule has 0 radical (unpaired) electrons. The molecule has 0 bridgehead atoms. The highest BCUT2D eigenvalue weighted by Gasteiger charge is 2.09. The number of rotatable bonds is 6. The van der Waals surface area contributed by atoms with Crippen LogP contribution in [-0.4, -0.2) is 24.2 Å². The first-order valence-electron chi connectivity index (χ1n) is 5.91. The zero-order chi connectivity index (χ0) is 14.3. The maximum Gasteiger partial charge on any atom is 0.328 e. The number of halogens is 1. The molecule has 1 aromatic rings. The van der Waals surface area contributed by atoms with Crippen molar-refractivity contribution in [2.24, 2.45) is 0 Å². The molecule has 0 spiro atoms. The molecule has 100 valence electrons. The Kier molecular flexibility index (Phi) is 5.55. The summed E-state index contributed by atoms with van der Waals surface area (Å²) in [7, 11) is 0. The molecule has 0 heterocycles. The fourth-order valence-corrected chi connectivity index (χ4v) is 1.68. The van der Waals surface area contributed by atoms with Crippen molar-refractivity contribution in [3.05, 3.63) is 35.7 Å². The smallest absolute Gasteiger partial charge is 0.328 e. The van der Waals surface area contributed by atoms with E-state index in [1.807, 2.05) is 13.0 Å². The predicted octanol–water partition coefficient (Wildman–Crippen LogP) is 2.66. The quantitative estimate of drug-likeness (QED) is 0.800. The van der Waals surface area contributed by atoms with Crippen molar-refractivity contribution in [3.63, 3.8) is 0 Å². The number of anilines is 1. The van der Waals surface area contributed by atoms with E-state index in [9.17, 15) is 9.18 Å². The molecule has 0 unspecified atom stereocenters. The van der Waals surface area contributed by atoms with Gasteiger partial charge in [-0.25, -0.2) is 9.18 Å². The van der Waals surface area contributed by atoms with Gasteiger partial charge in [0.2, 0.25) is 0 Å². The number of aliphatic carboxylic acids is 1. The molecule has 0 aliphatic carbocycles. The van der Waals surface area contributed by atoms with E-state index < -0.39 is 11.8 Å². The maximum atomic E-state index is 13.9. The normalized spacial score (nSPS) is 10.4. The Morgan fingerprint density at radius 2 is 2.32 bits per heavy atom. The zero-order valence-electron chi connectivity index (χ0n) is 10.6. The van der Waals surface area contributed by atoms with Gasteiger partial charge in [0.15, 0.2) is 0 Å². The minimum absolute atomic E-state index is 0.327. The van der Waals surface area contributed by atoms with E-state index in [1.54, 1.807) is 17.0 Å². The standard InChI is InChI=1S/C14H15FN2O2/c1-2-17(9-3-8-16)13-6-4-11(10-12(13)15)5-7-14(18)19/h4-7,10H,2-3,9H2,1H3,(H,18,19). The molecule has 4 nitrogen and oxygen atoms in total. The summed E-state index contributed by atoms with van der Waals surface area (Å²) in [5.41, 5.74) is 0.908. The van der Waals surface area contributed by atoms with Gasteiger partial charge >= 0.3 is 5.97 Å². The van der Waals surface area contributed by atoms with Crippen LogP contribution in [0.1, 0.15) is 18.9 Å². The van der Waals surface area contributed by atoms with Crippen LogP contribution in [0.5, 0.6) is 0 Å². The topological polar surface area (TPSA) is 64.3 Å². The van der Waals surface area contributed by atoms with Crippen LogP contribution >= 0.6 is 0 Å². The lowest BCUT2D eigenvalue weighted by molar-refractivity contribution is -0.131. The monoisotopic (exact) mass is 262 g/mol. The molecule has 0 atom stereocenters. The number of carboxylic acids is 1. The first-order valence-corrected chi connectivity index (χ1v) is 5.91. The molecule has 0 saturated heterocycles. The highest BCUT2D eigenvalue weighted by atomic mass is 19.1. The van der Waals surface area contributed by atoms with E-state index in [0.717, 1.165) is 6.08 Å². The van der Waals surface area contributed by atoms with Crippen molar-refractivity contribution in [2.45, 2.75) is 13.3 Å². The molecule has 19 heavy (non-hydrogen) atoms. The van der Waals surface area contributed by atoms with Gasteiger partial charge in [-0.3, -0.25) is 0 Å². The molecule has 1 N–H and O–H groups in total. The van der Waals surface area contributed by atoms with Crippen LogP contribution in [0.25, 0.3) is 6.08 Å². The van der Waals surface area contributed by atoms with E-state index in [-0.39, 0.29) is 0 Å². The van der Waals surface area contributed by atoms with E-state index in [0.29, 0.717) is 30.8 Å². The van der Waals surface area contributed by atoms with E-state index in [1.165, 1.54) is 12.1 Å². The Morgan fingerprint density at radius 1 is 1.58 bits per heavy atom. The molecule has 0 aromatic heterocycles. The summed E-state index contributed by atoms with van der Waals surface area (Å²) in [6.45, 7) is 2.95. The average molecular weight is 262 g/mol. The Morgan fingerprint density at radius 3 is 2.84 bits per heavy atom. The Labute approximate surface area is 111 Å². The van der Waals surface area contributed by atoms with Crippen LogP contribution in [0.3, 0.4) is 0 Å². The summed E-state index contributed by atoms with van der Waals surface area (Å²) in [4.78, 5) is 12.1. The molecule has 5 heteroatoms. The second-order valence-corrected chi connectivity index (χ2v) is 3.87. The zero-order valence-corrected chi connectivity index (χ0v) is 10.6. The van der Waals surface area contributed by atoms with Gasteiger partial charge in [0.25, 0.3) is 0 Å². The molecule has 1 aromatic carbocycles. The molecule has 0 aliphatic rings. The lowest BCUT2D eigenvalue weighted by Gasteiger charge is -2.22. The number of nitrogens with zero attached hydrogens (tertiary/aromatic N) is 2. The minimum atomic E-state index is -1.08. The van der Waals surface area contributed by atoms with Gasteiger partial charge in [-0.05, 0) is 30.7 Å². The third kappa shape index (κ3) is 4.43. The van der Waals surface area contributed by atoms with Crippen molar-refractivity contribution in [2.75, 3.05) is 18.0 Å². The highest BCUT2D eigenvalue weighted by molar-refractivity contribution is 5.85. The summed E-state index contributed by atoms with van der Waals surface area (Å²) >= 11 is 0. The first kappa shape index (κ1) is 14.7. The largest absolute Gasteiger partial charge is 0.478 e. The number of nitriles is 1. The molecular formula is C14H15FN2O2. The molecular weight excluding hydrogens is 247 g/mol. The van der Waals surface area contributed by atoms with Crippen molar-refractivity contribution >= 4 is 17.7 Å². The van der Waals surface area contributed by atoms with Gasteiger partial charge in [0.1, 0.15) is 5.82 Å². The predicted molar refractivity (Wildman–Crippen MR) is 71.2 cm³/mol. The van der Waals surface area contributed by atoms with Gasteiger partial charge in [0, 0.05) is 19.2 Å². The summed E-state index contributed by atoms with van der Waals surface area (Å²) < 4.78 is 13.9. The van der Waals surface area contributed by atoms with E-state index in [2.05, 4.69) is 0 Å². The first-order chi connectivity index (χ1) is 9.08. The minimum Gasteiger partial charge on any atom is -0.478 e. The third-order valence-corrected chi connectivity index (χ3v) is 2.61. The number of benzene rings is 1. The molecule has 0 saturated carbocycles. The molecule has 0 amide bonds. The molecule has 0 fully saturated rings. The second kappa shape index (κ2) is 7.17. The lowest BCUT2D eigenvalue weighted by Crippen LogP contribution is -2.24. The van der Waals surface area contributed by atoms with Crippen molar-refractivity contribution in [3.8, 4) is 6.07 Å². The summed E-state index contributed by atoms with van der Waals surface area (Å²) in [5.74, 6) is -1.50. The van der Waals surface area contributed by atoms with Gasteiger partial charge in [-0.15, -0.1) is 0 Å². The van der Waals surface area contributed by atoms with Gasteiger partial charge < -0.3 is 10.0 Å². The highest BCUT2D eigenvalue weighted by Crippen LogP contribution is 2.21. The maximum absolute atomic E-state index is 13.9. The number of hydrogen-bond acceptors (Lipinski definition) is 3. The van der Waals surface area contributed by atoms with E-state index >= 15 is 0 Å². The SMILES string of the molecule is CCN(CCC#N)c1ccc(C=CC(=O)O)cc1F. The van der Waals surface area contributed by atoms with Crippen LogP contribution in [0.15, 0.2) is 24.3 Å². The average Bonchev–Trinajstić information content (AvgIpc) is 2.39. The van der Waals surface area contributed by atoms with Crippen LogP contribution < -0.4 is 4.90 Å². The van der Waals surface area contributed by atoms with Crippen LogP contribution in [0, 0.1) is 17.1 Å². The second-order valence-electron chi connectivity index (χ2n) is 3.87. The van der Waals surface area contributed by atoms with Gasteiger partial charge in [-0.1, -0.05) is 6.07 Å². The number of carboxylic acid groups (broad SMARTS) is 1. The van der Waals surface area contributed by atoms with Gasteiger partial charge in [-0.2, -0.15) is 5.26 Å². The molecule has 0 aliphatic heterocycles. The number of hydrogen-bond donors (Lipinski definition) is 1. The lowest BCUT2D eigenvalue weighted by atomic mass is 10.1. The van der Waals surface area contributed by atoms with Gasteiger partial charge in [0.05, 0.1) is 18.2 Å². The fraction of sp³-hybridized carbons (Fsp3) is 0.286. The van der Waals surface area contributed by atoms with E-state index in [4.69, 9.17) is 10.4 Å². The summed E-state index contributed by atoms with van der Waals surface area (Å²) in [6, 6.07) is 6.55. The summed E-state index contributed by atoms with van der Waals surface area (Å²) in [5, 5.41) is 17.1. The Balaban J connectivity index is 2.92. The van der Waals surface area contributed by atoms with Crippen LogP contribution in [-0.2, 0) is 4.79 Å². The Bertz CT molecular complexity index is 521. The van der Waals surface area contributed by atoms with Crippen molar-refractivity contribution < 1.29 is 14.3 Å². The van der Waals surface area contributed by atoms with Crippen molar-refractivity contribution in [1.29, 1.82) is 5.26 Å². The fourth-order valence-electron chi connectivity index (χ4n) is 1.68. The molecule has 1 rings (SSSR count). The number of carbonyl (C=O) groups is 1. The third-order valence-electron chi connectivity index (χ3n) is 2.61. The van der Waals surface area contributed by atoms with Crippen LogP contribution in [0.2, 0.25) is 0 Å². The van der Waals surface area contributed by atoms with Crippen molar-refractivity contribution in [1.82, 2.24) is 0 Å². The Hall–Kier alpha value is -2.35. The van der Waals surface area contributed by atoms with Crippen LogP contribution in [0.4, 0.5) is 10.1 Å². The summed E-state index contributed by atoms with van der Waals surface area (Å²) in [6.07, 6.45) is 2.62.